The predicted octanol–water partition coefficient (Wildman–Crippen LogP) is 5.77. The molecule has 0 rings (SSSR count). The molecular weight excluding hydrogens is 288 g/mol. The molecule has 0 aromatic heterocycles. The molecule has 134 valence electrons. The zero-order valence-electron chi connectivity index (χ0n) is 15.1. The molecule has 3 heteroatoms. The first-order valence-electron chi connectivity index (χ1n) is 9.51. The Morgan fingerprint density at radius 2 is 1.22 bits per heavy atom. The van der Waals surface area contributed by atoms with E-state index in [1.165, 1.54) is 70.6 Å². The van der Waals surface area contributed by atoms with E-state index in [0.717, 1.165) is 18.9 Å². The van der Waals surface area contributed by atoms with Crippen molar-refractivity contribution in [1.29, 1.82) is 0 Å². The molecule has 0 aliphatic carbocycles. The van der Waals surface area contributed by atoms with E-state index in [2.05, 4.69) is 13.5 Å². The third-order valence-corrected chi connectivity index (χ3v) is 4.10. The van der Waals surface area contributed by atoms with Crippen LogP contribution in [0.25, 0.3) is 0 Å². The van der Waals surface area contributed by atoms with Crippen LogP contribution in [-0.4, -0.2) is 18.4 Å². The second-order valence-corrected chi connectivity index (χ2v) is 6.34. The minimum Gasteiger partial charge on any atom is -0.455 e. The molecule has 3 nitrogen and oxygen atoms in total. The lowest BCUT2D eigenvalue weighted by Gasteiger charge is -2.03. The van der Waals surface area contributed by atoms with E-state index < -0.39 is 5.97 Å². The van der Waals surface area contributed by atoms with Gasteiger partial charge in [0.05, 0.1) is 0 Å². The number of rotatable bonds is 17. The fraction of sp³-hybridized carbons (Fsp3) is 0.800. The van der Waals surface area contributed by atoms with Crippen molar-refractivity contribution in [3.63, 3.8) is 0 Å². The number of esters is 1. The summed E-state index contributed by atoms with van der Waals surface area (Å²) in [5.41, 5.74) is 0. The predicted molar refractivity (Wildman–Crippen MR) is 96.5 cm³/mol. The maximum Gasteiger partial charge on any atom is 0.330 e. The number of ether oxygens (including phenoxy) is 1. The Bertz CT molecular complexity index is 310. The van der Waals surface area contributed by atoms with Crippen LogP contribution in [0.1, 0.15) is 96.8 Å². The van der Waals surface area contributed by atoms with Crippen LogP contribution in [0.15, 0.2) is 12.7 Å². The molecule has 23 heavy (non-hydrogen) atoms. The first-order chi connectivity index (χ1) is 11.2. The third kappa shape index (κ3) is 17.1. The molecule has 0 aliphatic heterocycles. The molecule has 0 saturated heterocycles. The van der Waals surface area contributed by atoms with Gasteiger partial charge in [-0.25, -0.2) is 4.79 Å². The van der Waals surface area contributed by atoms with Crippen molar-refractivity contribution in [2.45, 2.75) is 96.8 Å². The fourth-order valence-corrected chi connectivity index (χ4v) is 2.62. The first kappa shape index (κ1) is 21.9. The third-order valence-electron chi connectivity index (χ3n) is 4.10. The van der Waals surface area contributed by atoms with Crippen molar-refractivity contribution in [3.8, 4) is 0 Å². The standard InChI is InChI=1S/C20H36O3/c1-3-5-6-7-8-9-10-11-12-13-14-15-16-17-19(21)18-23-20(22)4-2/h4H,2-3,5-18H2,1H3. The molecule has 0 radical (unpaired) electrons. The van der Waals surface area contributed by atoms with E-state index in [4.69, 9.17) is 4.74 Å². The van der Waals surface area contributed by atoms with Crippen molar-refractivity contribution in [3.05, 3.63) is 12.7 Å². The summed E-state index contributed by atoms with van der Waals surface area (Å²) in [6, 6.07) is 0. The van der Waals surface area contributed by atoms with Crippen LogP contribution >= 0.6 is 0 Å². The zero-order chi connectivity index (χ0) is 17.2. The average molecular weight is 325 g/mol. The van der Waals surface area contributed by atoms with Gasteiger partial charge in [0.15, 0.2) is 5.78 Å². The van der Waals surface area contributed by atoms with Gasteiger partial charge in [-0.2, -0.15) is 0 Å². The van der Waals surface area contributed by atoms with Gasteiger partial charge in [0, 0.05) is 12.5 Å². The number of carbonyl (C=O) groups is 2. The Hall–Kier alpha value is -1.12. The maximum absolute atomic E-state index is 11.5. The van der Waals surface area contributed by atoms with Gasteiger partial charge in [-0.1, -0.05) is 90.6 Å². The normalized spacial score (nSPS) is 10.5. The van der Waals surface area contributed by atoms with Crippen LogP contribution in [0.4, 0.5) is 0 Å². The van der Waals surface area contributed by atoms with Crippen LogP contribution in [-0.2, 0) is 14.3 Å². The highest BCUT2D eigenvalue weighted by molar-refractivity contribution is 5.86. The SMILES string of the molecule is C=CC(=O)OCC(=O)CCCCCCCCCCCCCCC. The average Bonchev–Trinajstić information content (AvgIpc) is 2.56. The summed E-state index contributed by atoms with van der Waals surface area (Å²) >= 11 is 0. The summed E-state index contributed by atoms with van der Waals surface area (Å²) in [6.07, 6.45) is 18.4. The molecule has 0 amide bonds. The van der Waals surface area contributed by atoms with Crippen molar-refractivity contribution >= 4 is 11.8 Å². The van der Waals surface area contributed by atoms with Crippen molar-refractivity contribution < 1.29 is 14.3 Å². The Balaban J connectivity index is 3.17. The molecule has 0 aromatic carbocycles. The molecule has 0 heterocycles. The second kappa shape index (κ2) is 17.2. The summed E-state index contributed by atoms with van der Waals surface area (Å²) in [4.78, 5) is 22.3. The Labute approximate surface area is 142 Å². The van der Waals surface area contributed by atoms with Gasteiger partial charge in [0.1, 0.15) is 6.61 Å². The number of unbranched alkanes of at least 4 members (excludes halogenated alkanes) is 12. The Morgan fingerprint density at radius 1 is 0.783 bits per heavy atom. The number of ketones is 1. The number of hydrogen-bond acceptors (Lipinski definition) is 3. The van der Waals surface area contributed by atoms with E-state index in [0.29, 0.717) is 6.42 Å². The topological polar surface area (TPSA) is 43.4 Å². The van der Waals surface area contributed by atoms with Crippen molar-refractivity contribution in [2.24, 2.45) is 0 Å². The highest BCUT2D eigenvalue weighted by Crippen LogP contribution is 2.13. The Kier molecular flexibility index (Phi) is 16.4. The van der Waals surface area contributed by atoms with Crippen LogP contribution in [0.2, 0.25) is 0 Å². The monoisotopic (exact) mass is 324 g/mol. The van der Waals surface area contributed by atoms with E-state index >= 15 is 0 Å². The summed E-state index contributed by atoms with van der Waals surface area (Å²) in [5.74, 6) is -0.521. The lowest BCUT2D eigenvalue weighted by atomic mass is 10.0. The minimum absolute atomic E-state index is 0.00303. The summed E-state index contributed by atoms with van der Waals surface area (Å²) < 4.78 is 4.71. The smallest absolute Gasteiger partial charge is 0.330 e. The van der Waals surface area contributed by atoms with Crippen LogP contribution in [0.5, 0.6) is 0 Å². The molecular formula is C20H36O3. The number of hydrogen-bond donors (Lipinski definition) is 0. The lowest BCUT2D eigenvalue weighted by molar-refractivity contribution is -0.143. The largest absolute Gasteiger partial charge is 0.455 e. The van der Waals surface area contributed by atoms with E-state index in [1.807, 2.05) is 0 Å². The van der Waals surface area contributed by atoms with Gasteiger partial charge in [-0.3, -0.25) is 4.79 Å². The lowest BCUT2D eigenvalue weighted by Crippen LogP contribution is -2.11. The molecule has 0 bridgehead atoms. The number of carbonyl (C=O) groups excluding carboxylic acids is 2. The van der Waals surface area contributed by atoms with Crippen LogP contribution in [0.3, 0.4) is 0 Å². The highest BCUT2D eigenvalue weighted by Gasteiger charge is 2.04. The van der Waals surface area contributed by atoms with Crippen molar-refractivity contribution in [1.82, 2.24) is 0 Å². The van der Waals surface area contributed by atoms with Crippen LogP contribution < -0.4 is 0 Å². The van der Waals surface area contributed by atoms with Gasteiger partial charge >= 0.3 is 5.97 Å². The molecule has 0 aliphatic rings. The zero-order valence-corrected chi connectivity index (χ0v) is 15.1. The Morgan fingerprint density at radius 3 is 1.65 bits per heavy atom. The summed E-state index contributed by atoms with van der Waals surface area (Å²) in [5, 5.41) is 0. The molecule has 0 aromatic rings. The van der Waals surface area contributed by atoms with E-state index in [9.17, 15) is 9.59 Å². The van der Waals surface area contributed by atoms with Gasteiger partial charge in [0.2, 0.25) is 0 Å². The molecule has 0 atom stereocenters. The van der Waals surface area contributed by atoms with Gasteiger partial charge in [0.25, 0.3) is 0 Å². The van der Waals surface area contributed by atoms with Gasteiger partial charge < -0.3 is 4.74 Å². The summed E-state index contributed by atoms with van der Waals surface area (Å²) in [6.45, 7) is 5.44. The van der Waals surface area contributed by atoms with E-state index in [1.54, 1.807) is 0 Å². The first-order valence-corrected chi connectivity index (χ1v) is 9.51. The molecule has 0 N–H and O–H groups in total. The minimum atomic E-state index is -0.524. The van der Waals surface area contributed by atoms with E-state index in [-0.39, 0.29) is 12.4 Å². The highest BCUT2D eigenvalue weighted by atomic mass is 16.5. The van der Waals surface area contributed by atoms with Crippen molar-refractivity contribution in [2.75, 3.05) is 6.61 Å². The summed E-state index contributed by atoms with van der Waals surface area (Å²) in [7, 11) is 0. The quantitative estimate of drug-likeness (QED) is 0.194. The molecule has 0 fully saturated rings. The van der Waals surface area contributed by atoms with Gasteiger partial charge in [-0.15, -0.1) is 0 Å². The fourth-order valence-electron chi connectivity index (χ4n) is 2.62. The number of Topliss-reactive ketones (excluding diaryl/α,β-unsaturated/α-hetero) is 1. The maximum atomic E-state index is 11.5. The molecule has 0 unspecified atom stereocenters. The molecule has 0 spiro atoms. The second-order valence-electron chi connectivity index (χ2n) is 6.34. The van der Waals surface area contributed by atoms with Crippen LogP contribution in [0, 0.1) is 0 Å². The van der Waals surface area contributed by atoms with Gasteiger partial charge in [-0.05, 0) is 6.42 Å². The molecule has 0 saturated carbocycles.